The Morgan fingerprint density at radius 3 is 1.81 bits per heavy atom. The summed E-state index contributed by atoms with van der Waals surface area (Å²) in [4.78, 5) is 26.2. The second-order valence-corrected chi connectivity index (χ2v) is 7.56. The molecule has 5 aromatic rings. The molecule has 0 heterocycles. The van der Waals surface area contributed by atoms with Gasteiger partial charge in [0.15, 0.2) is 10.9 Å². The monoisotopic (exact) mass is 338 g/mol. The molecule has 26 heavy (non-hydrogen) atoms. The maximum atomic E-state index is 13.2. The summed E-state index contributed by atoms with van der Waals surface area (Å²) in [6.45, 7) is 4.28. The van der Waals surface area contributed by atoms with Gasteiger partial charge in [0, 0.05) is 32.3 Å². The molecular weight excluding hydrogens is 320 g/mol. The van der Waals surface area contributed by atoms with Crippen LogP contribution in [-0.4, -0.2) is 0 Å². The maximum Gasteiger partial charge on any atom is 0.194 e. The summed E-state index contributed by atoms with van der Waals surface area (Å²) in [6, 6.07) is 17.5. The number of fused-ring (bicyclic) bond motifs is 7. The van der Waals surface area contributed by atoms with Gasteiger partial charge in [0.1, 0.15) is 0 Å². The van der Waals surface area contributed by atoms with Crippen LogP contribution in [0.15, 0.2) is 64.2 Å². The third-order valence-electron chi connectivity index (χ3n) is 5.39. The van der Waals surface area contributed by atoms with Gasteiger partial charge in [-0.3, -0.25) is 9.59 Å². The zero-order valence-corrected chi connectivity index (χ0v) is 14.8. The minimum atomic E-state index is 0.0697. The Balaban J connectivity index is 2.17. The third kappa shape index (κ3) is 1.87. The summed E-state index contributed by atoms with van der Waals surface area (Å²) in [5, 5.41) is 6.82. The van der Waals surface area contributed by atoms with Gasteiger partial charge in [-0.2, -0.15) is 0 Å². The summed E-state index contributed by atoms with van der Waals surface area (Å²) >= 11 is 0. The lowest BCUT2D eigenvalue weighted by atomic mass is 9.95. The number of hydrogen-bond acceptors (Lipinski definition) is 2. The molecule has 0 aliphatic carbocycles. The molecule has 0 bridgehead atoms. The van der Waals surface area contributed by atoms with Crippen molar-refractivity contribution in [1.82, 2.24) is 0 Å². The van der Waals surface area contributed by atoms with E-state index in [0.29, 0.717) is 5.92 Å². The van der Waals surface area contributed by atoms with Gasteiger partial charge in [-0.15, -0.1) is 0 Å². The van der Waals surface area contributed by atoms with Gasteiger partial charge in [-0.1, -0.05) is 62.4 Å². The second-order valence-electron chi connectivity index (χ2n) is 7.56. The van der Waals surface area contributed by atoms with Crippen molar-refractivity contribution in [1.29, 1.82) is 0 Å². The molecule has 5 aromatic carbocycles. The standard InChI is InChI=1S/C24H18O2/c1-13(2)11-14-12-19-21(15-7-3-5-9-17(15)23(19)25)22-16-8-4-6-10-18(16)24(26)20(14)22/h3-10,12-13H,11H2,1-2H3. The topological polar surface area (TPSA) is 34.1 Å². The molecule has 0 amide bonds. The Morgan fingerprint density at radius 1 is 0.654 bits per heavy atom. The van der Waals surface area contributed by atoms with E-state index < -0.39 is 0 Å². The lowest BCUT2D eigenvalue weighted by molar-refractivity contribution is 0.650. The minimum Gasteiger partial charge on any atom is -0.289 e. The van der Waals surface area contributed by atoms with Crippen molar-refractivity contribution in [3.8, 4) is 0 Å². The third-order valence-corrected chi connectivity index (χ3v) is 5.39. The fourth-order valence-electron chi connectivity index (χ4n) is 4.41. The zero-order chi connectivity index (χ0) is 18.0. The zero-order valence-electron chi connectivity index (χ0n) is 14.8. The minimum absolute atomic E-state index is 0.0697. The number of rotatable bonds is 2. The van der Waals surface area contributed by atoms with E-state index in [9.17, 15) is 9.59 Å². The summed E-state index contributed by atoms with van der Waals surface area (Å²) < 4.78 is 0. The average Bonchev–Trinajstić information content (AvgIpc) is 3.09. The molecule has 0 saturated heterocycles. The molecule has 2 heteroatoms. The Morgan fingerprint density at radius 2 is 1.19 bits per heavy atom. The Hall–Kier alpha value is -3.00. The predicted molar refractivity (Wildman–Crippen MR) is 110 cm³/mol. The van der Waals surface area contributed by atoms with Gasteiger partial charge in [-0.05, 0) is 34.7 Å². The van der Waals surface area contributed by atoms with Crippen LogP contribution in [0.2, 0.25) is 0 Å². The van der Waals surface area contributed by atoms with Crippen LogP contribution >= 0.6 is 0 Å². The fraction of sp³-hybridized carbons (Fsp3) is 0.167. The largest absolute Gasteiger partial charge is 0.289 e. The first kappa shape index (κ1) is 15.3. The first-order valence-electron chi connectivity index (χ1n) is 9.06. The quantitative estimate of drug-likeness (QED) is 0.449. The fourth-order valence-corrected chi connectivity index (χ4v) is 4.41. The number of hydrogen-bond donors (Lipinski definition) is 0. The molecule has 0 N–H and O–H groups in total. The summed E-state index contributed by atoms with van der Waals surface area (Å²) in [5.74, 6) is 0.410. The van der Waals surface area contributed by atoms with Crippen LogP contribution in [0, 0.1) is 5.92 Å². The molecule has 5 rings (SSSR count). The van der Waals surface area contributed by atoms with Crippen LogP contribution in [0.4, 0.5) is 0 Å². The molecule has 0 aliphatic rings. The van der Waals surface area contributed by atoms with E-state index in [0.717, 1.165) is 55.1 Å². The van der Waals surface area contributed by atoms with Crippen LogP contribution in [-0.2, 0) is 6.42 Å². The van der Waals surface area contributed by atoms with Gasteiger partial charge in [0.2, 0.25) is 0 Å². The maximum absolute atomic E-state index is 13.2. The van der Waals surface area contributed by atoms with Gasteiger partial charge < -0.3 is 0 Å². The molecule has 0 unspecified atom stereocenters. The van der Waals surface area contributed by atoms with E-state index in [1.165, 1.54) is 0 Å². The van der Waals surface area contributed by atoms with Crippen molar-refractivity contribution < 1.29 is 0 Å². The first-order valence-corrected chi connectivity index (χ1v) is 9.06. The Kier molecular flexibility index (Phi) is 3.08. The van der Waals surface area contributed by atoms with Crippen molar-refractivity contribution in [2.24, 2.45) is 5.92 Å². The lowest BCUT2D eigenvalue weighted by Crippen LogP contribution is -2.03. The predicted octanol–water partition coefficient (Wildman–Crippen LogP) is 5.09. The van der Waals surface area contributed by atoms with Crippen LogP contribution in [0.5, 0.6) is 0 Å². The van der Waals surface area contributed by atoms with Crippen molar-refractivity contribution in [2.75, 3.05) is 0 Å². The van der Waals surface area contributed by atoms with Crippen molar-refractivity contribution in [2.45, 2.75) is 20.3 Å². The van der Waals surface area contributed by atoms with Gasteiger partial charge in [-0.25, -0.2) is 0 Å². The van der Waals surface area contributed by atoms with E-state index >= 15 is 0 Å². The van der Waals surface area contributed by atoms with Gasteiger partial charge in [0.25, 0.3) is 0 Å². The molecule has 0 atom stereocenters. The highest BCUT2D eigenvalue weighted by Crippen LogP contribution is 2.37. The Labute approximate surface area is 150 Å². The lowest BCUT2D eigenvalue weighted by Gasteiger charge is -2.08. The highest BCUT2D eigenvalue weighted by atomic mass is 16.1. The van der Waals surface area contributed by atoms with Crippen molar-refractivity contribution >= 4 is 43.1 Å². The molecule has 126 valence electrons. The van der Waals surface area contributed by atoms with Crippen molar-refractivity contribution in [3.63, 3.8) is 0 Å². The van der Waals surface area contributed by atoms with Crippen LogP contribution < -0.4 is 10.9 Å². The van der Waals surface area contributed by atoms with E-state index in [1.807, 2.05) is 54.6 Å². The normalized spacial score (nSPS) is 12.3. The molecule has 2 nitrogen and oxygen atoms in total. The van der Waals surface area contributed by atoms with E-state index in [4.69, 9.17) is 0 Å². The van der Waals surface area contributed by atoms with E-state index in [1.54, 1.807) is 0 Å². The highest BCUT2D eigenvalue weighted by molar-refractivity contribution is 6.31. The van der Waals surface area contributed by atoms with Crippen LogP contribution in [0.3, 0.4) is 0 Å². The van der Waals surface area contributed by atoms with Crippen LogP contribution in [0.25, 0.3) is 43.1 Å². The first-order chi connectivity index (χ1) is 12.6. The van der Waals surface area contributed by atoms with Crippen LogP contribution in [0.1, 0.15) is 19.4 Å². The van der Waals surface area contributed by atoms with Crippen molar-refractivity contribution in [3.05, 3.63) is 80.6 Å². The van der Waals surface area contributed by atoms with Gasteiger partial charge in [0.05, 0.1) is 0 Å². The van der Waals surface area contributed by atoms with E-state index in [2.05, 4.69) is 13.8 Å². The van der Waals surface area contributed by atoms with Gasteiger partial charge >= 0.3 is 0 Å². The molecule has 0 radical (unpaired) electrons. The molecule has 0 aromatic heterocycles. The average molecular weight is 338 g/mol. The van der Waals surface area contributed by atoms with E-state index in [-0.39, 0.29) is 10.9 Å². The second kappa shape index (κ2) is 5.25. The molecule has 0 aliphatic heterocycles. The molecule has 0 spiro atoms. The summed E-state index contributed by atoms with van der Waals surface area (Å²) in [6.07, 6.45) is 0.791. The SMILES string of the molecule is CC(C)Cc1cc2c(=O)c3ccccc3c2c2c1c(=O)c1ccccc12. The smallest absolute Gasteiger partial charge is 0.194 e. The summed E-state index contributed by atoms with van der Waals surface area (Å²) in [5.41, 5.74) is 1.15. The summed E-state index contributed by atoms with van der Waals surface area (Å²) in [7, 11) is 0. The highest BCUT2D eigenvalue weighted by Gasteiger charge is 2.21. The number of benzene rings is 3. The molecule has 0 fully saturated rings. The Bertz CT molecular complexity index is 1410. The molecular formula is C24H18O2. The molecule has 0 saturated carbocycles.